The van der Waals surface area contributed by atoms with Crippen LogP contribution in [-0.4, -0.2) is 11.5 Å². The van der Waals surface area contributed by atoms with Crippen molar-refractivity contribution in [3.05, 3.63) is 30.1 Å². The third-order valence-corrected chi connectivity index (χ3v) is 2.85. The Hall–Kier alpha value is -0.830. The number of benzene rings is 1. The van der Waals surface area contributed by atoms with Crippen LogP contribution in [-0.2, 0) is 4.79 Å². The maximum absolute atomic E-state index is 12.5. The smallest absolute Gasteiger partial charge is 0.129 e. The fourth-order valence-corrected chi connectivity index (χ4v) is 1.89. The van der Waals surface area contributed by atoms with Crippen LogP contribution in [0.4, 0.5) is 4.39 Å². The quantitative estimate of drug-likeness (QED) is 0.550. The molecule has 0 spiro atoms. The molecule has 0 aliphatic carbocycles. The Balaban J connectivity index is 2.25. The molecule has 0 N–H and O–H groups in total. The zero-order valence-corrected chi connectivity index (χ0v) is 8.94. The molecule has 1 aromatic rings. The molecule has 0 fully saturated rings. The molecule has 0 unspecified atom stereocenters. The van der Waals surface area contributed by atoms with Gasteiger partial charge in [-0.3, -0.25) is 0 Å². The van der Waals surface area contributed by atoms with Gasteiger partial charge in [-0.05, 0) is 43.4 Å². The molecule has 0 aliphatic rings. The van der Waals surface area contributed by atoms with Crippen LogP contribution in [0.1, 0.15) is 19.8 Å². The van der Waals surface area contributed by atoms with Crippen molar-refractivity contribution >= 4 is 17.5 Å². The van der Waals surface area contributed by atoms with Gasteiger partial charge in [0, 0.05) is 11.3 Å². The van der Waals surface area contributed by atoms with Gasteiger partial charge in [0.1, 0.15) is 11.6 Å². The van der Waals surface area contributed by atoms with E-state index in [1.165, 1.54) is 12.1 Å². The highest BCUT2D eigenvalue weighted by molar-refractivity contribution is 7.99. The first-order chi connectivity index (χ1) is 6.68. The summed E-state index contributed by atoms with van der Waals surface area (Å²) in [5.74, 6) is 0.924. The van der Waals surface area contributed by atoms with Crippen molar-refractivity contribution in [3.8, 4) is 0 Å². The number of carbonyl (C=O) groups is 1. The molecule has 0 aliphatic heterocycles. The van der Waals surface area contributed by atoms with Crippen LogP contribution in [0.3, 0.4) is 0 Å². The van der Waals surface area contributed by atoms with E-state index in [1.54, 1.807) is 30.8 Å². The number of Topliss-reactive ketones (excluding diaryl/α,β-unsaturated/α-hetero) is 1. The number of thioether (sulfide) groups is 1. The first-order valence-electron chi connectivity index (χ1n) is 4.56. The van der Waals surface area contributed by atoms with Crippen LogP contribution < -0.4 is 0 Å². The summed E-state index contributed by atoms with van der Waals surface area (Å²) < 4.78 is 12.5. The largest absolute Gasteiger partial charge is 0.300 e. The minimum atomic E-state index is -0.210. The molecule has 0 heterocycles. The Morgan fingerprint density at radius 1 is 1.36 bits per heavy atom. The van der Waals surface area contributed by atoms with Gasteiger partial charge in [-0.2, -0.15) is 0 Å². The highest BCUT2D eigenvalue weighted by atomic mass is 32.2. The minimum Gasteiger partial charge on any atom is -0.300 e. The maximum Gasteiger partial charge on any atom is 0.129 e. The fourth-order valence-electron chi connectivity index (χ4n) is 1.04. The number of rotatable bonds is 5. The van der Waals surface area contributed by atoms with E-state index >= 15 is 0 Å². The summed E-state index contributed by atoms with van der Waals surface area (Å²) in [6.45, 7) is 1.60. The molecule has 3 heteroatoms. The second kappa shape index (κ2) is 5.81. The van der Waals surface area contributed by atoms with Gasteiger partial charge in [0.15, 0.2) is 0 Å². The van der Waals surface area contributed by atoms with E-state index in [-0.39, 0.29) is 11.6 Å². The molecule has 0 amide bonds. The van der Waals surface area contributed by atoms with Crippen molar-refractivity contribution in [3.63, 3.8) is 0 Å². The molecule has 0 radical (unpaired) electrons. The number of halogens is 1. The lowest BCUT2D eigenvalue weighted by Crippen LogP contribution is -1.90. The Kier molecular flexibility index (Phi) is 4.66. The zero-order chi connectivity index (χ0) is 10.4. The Bertz CT molecular complexity index is 295. The van der Waals surface area contributed by atoms with E-state index in [0.717, 1.165) is 17.1 Å². The topological polar surface area (TPSA) is 17.1 Å². The van der Waals surface area contributed by atoms with Crippen molar-refractivity contribution in [1.82, 2.24) is 0 Å². The summed E-state index contributed by atoms with van der Waals surface area (Å²) in [7, 11) is 0. The zero-order valence-electron chi connectivity index (χ0n) is 8.13. The molecule has 76 valence electrons. The van der Waals surface area contributed by atoms with Crippen LogP contribution >= 0.6 is 11.8 Å². The van der Waals surface area contributed by atoms with Gasteiger partial charge in [-0.15, -0.1) is 11.8 Å². The number of ketones is 1. The monoisotopic (exact) mass is 212 g/mol. The van der Waals surface area contributed by atoms with Crippen molar-refractivity contribution in [2.75, 3.05) is 5.75 Å². The molecule has 0 saturated carbocycles. The van der Waals surface area contributed by atoms with Crippen molar-refractivity contribution in [2.24, 2.45) is 0 Å². The van der Waals surface area contributed by atoms with Gasteiger partial charge in [0.25, 0.3) is 0 Å². The summed E-state index contributed by atoms with van der Waals surface area (Å²) in [5.41, 5.74) is 0. The Labute approximate surface area is 87.7 Å². The lowest BCUT2D eigenvalue weighted by atomic mass is 10.3. The highest BCUT2D eigenvalue weighted by Crippen LogP contribution is 2.19. The molecule has 1 nitrogen and oxygen atoms in total. The summed E-state index contributed by atoms with van der Waals surface area (Å²) in [6, 6.07) is 6.42. The van der Waals surface area contributed by atoms with Crippen molar-refractivity contribution < 1.29 is 9.18 Å². The van der Waals surface area contributed by atoms with Crippen LogP contribution in [0.5, 0.6) is 0 Å². The van der Waals surface area contributed by atoms with E-state index in [1.807, 2.05) is 0 Å². The van der Waals surface area contributed by atoms with Crippen molar-refractivity contribution in [1.29, 1.82) is 0 Å². The highest BCUT2D eigenvalue weighted by Gasteiger charge is 1.96. The van der Waals surface area contributed by atoms with Gasteiger partial charge in [0.05, 0.1) is 0 Å². The molecule has 0 aromatic heterocycles. The predicted octanol–water partition coefficient (Wildman–Crippen LogP) is 3.29. The normalized spacial score (nSPS) is 10.1. The Morgan fingerprint density at radius 3 is 2.57 bits per heavy atom. The van der Waals surface area contributed by atoms with Gasteiger partial charge in [-0.1, -0.05) is 0 Å². The van der Waals surface area contributed by atoms with E-state index in [2.05, 4.69) is 0 Å². The lowest BCUT2D eigenvalue weighted by molar-refractivity contribution is -0.117. The number of hydrogen-bond acceptors (Lipinski definition) is 2. The van der Waals surface area contributed by atoms with Crippen LogP contribution in [0.2, 0.25) is 0 Å². The van der Waals surface area contributed by atoms with Gasteiger partial charge >= 0.3 is 0 Å². The Morgan fingerprint density at radius 2 is 2.00 bits per heavy atom. The van der Waals surface area contributed by atoms with Crippen LogP contribution in [0.15, 0.2) is 29.2 Å². The lowest BCUT2D eigenvalue weighted by Gasteiger charge is -1.99. The molecule has 0 atom stereocenters. The fraction of sp³-hybridized carbons (Fsp3) is 0.364. The van der Waals surface area contributed by atoms with E-state index in [0.29, 0.717) is 6.42 Å². The van der Waals surface area contributed by atoms with Gasteiger partial charge in [-0.25, -0.2) is 4.39 Å². The standard InChI is InChI=1S/C11H13FOS/c1-9(13)3-2-8-14-11-6-4-10(12)5-7-11/h4-7H,2-3,8H2,1H3. The number of carbonyl (C=O) groups excluding carboxylic acids is 1. The first kappa shape index (κ1) is 11.2. The second-order valence-electron chi connectivity index (χ2n) is 3.11. The summed E-state index contributed by atoms with van der Waals surface area (Å²) in [5, 5.41) is 0. The number of hydrogen-bond donors (Lipinski definition) is 0. The maximum atomic E-state index is 12.5. The average molecular weight is 212 g/mol. The molecule has 14 heavy (non-hydrogen) atoms. The molecule has 1 aromatic carbocycles. The van der Waals surface area contributed by atoms with E-state index in [4.69, 9.17) is 0 Å². The molecular formula is C11H13FOS. The molecular weight excluding hydrogens is 199 g/mol. The minimum absolute atomic E-state index is 0.210. The summed E-state index contributed by atoms with van der Waals surface area (Å²) in [4.78, 5) is 11.7. The first-order valence-corrected chi connectivity index (χ1v) is 5.55. The van der Waals surface area contributed by atoms with E-state index < -0.39 is 0 Å². The van der Waals surface area contributed by atoms with E-state index in [9.17, 15) is 9.18 Å². The average Bonchev–Trinajstić information content (AvgIpc) is 2.15. The molecule has 0 bridgehead atoms. The predicted molar refractivity (Wildman–Crippen MR) is 57.0 cm³/mol. The summed E-state index contributed by atoms with van der Waals surface area (Å²) in [6.07, 6.45) is 1.52. The third-order valence-electron chi connectivity index (χ3n) is 1.76. The molecule has 0 saturated heterocycles. The SMILES string of the molecule is CC(=O)CCCSc1ccc(F)cc1. The molecule has 1 rings (SSSR count). The van der Waals surface area contributed by atoms with Gasteiger partial charge < -0.3 is 4.79 Å². The summed E-state index contributed by atoms with van der Waals surface area (Å²) >= 11 is 1.65. The second-order valence-corrected chi connectivity index (χ2v) is 4.28. The van der Waals surface area contributed by atoms with Crippen LogP contribution in [0.25, 0.3) is 0 Å². The third kappa shape index (κ3) is 4.42. The van der Waals surface area contributed by atoms with Crippen LogP contribution in [0, 0.1) is 5.82 Å². The van der Waals surface area contributed by atoms with Crippen molar-refractivity contribution in [2.45, 2.75) is 24.7 Å². The van der Waals surface area contributed by atoms with Gasteiger partial charge in [0.2, 0.25) is 0 Å².